The molecule has 27 heavy (non-hydrogen) atoms. The zero-order valence-corrected chi connectivity index (χ0v) is 14.1. The molecular formula is C22H14FN3O. The highest BCUT2D eigenvalue weighted by atomic mass is 19.1. The summed E-state index contributed by atoms with van der Waals surface area (Å²) in [5.74, 6) is 0.196. The van der Waals surface area contributed by atoms with Crippen LogP contribution in [0.2, 0.25) is 0 Å². The molecule has 0 bridgehead atoms. The molecule has 0 saturated carbocycles. The topological polar surface area (TPSA) is 60.7 Å². The van der Waals surface area contributed by atoms with E-state index >= 15 is 0 Å². The molecule has 1 aliphatic heterocycles. The number of hydrogen-bond donors (Lipinski definition) is 2. The van der Waals surface area contributed by atoms with Crippen LogP contribution in [0.4, 0.5) is 4.39 Å². The quantitative estimate of drug-likeness (QED) is 0.566. The first-order valence-corrected chi connectivity index (χ1v) is 8.53. The van der Waals surface area contributed by atoms with E-state index in [4.69, 9.17) is 0 Å². The Bertz CT molecular complexity index is 1300. The molecule has 0 spiro atoms. The zero-order chi connectivity index (χ0) is 18.4. The van der Waals surface area contributed by atoms with Gasteiger partial charge in [0.05, 0.1) is 16.3 Å². The Hall–Kier alpha value is -3.73. The van der Waals surface area contributed by atoms with Crippen molar-refractivity contribution in [1.29, 1.82) is 0 Å². The normalized spacial score (nSPS) is 12.6. The predicted molar refractivity (Wildman–Crippen MR) is 101 cm³/mol. The van der Waals surface area contributed by atoms with Gasteiger partial charge in [0.25, 0.3) is 0 Å². The SMILES string of the molecule is Oc1[nH]c2ccccc2c1C(=C1N=c2ccccc2=N1)c1ccc(F)cc1. The van der Waals surface area contributed by atoms with Gasteiger partial charge in [-0.2, -0.15) is 0 Å². The van der Waals surface area contributed by atoms with Gasteiger partial charge in [0.2, 0.25) is 0 Å². The number of benzene rings is 3. The Kier molecular flexibility index (Phi) is 3.40. The molecule has 0 atom stereocenters. The third kappa shape index (κ3) is 2.52. The summed E-state index contributed by atoms with van der Waals surface area (Å²) in [6.45, 7) is 0. The van der Waals surface area contributed by atoms with Crippen molar-refractivity contribution >= 4 is 16.5 Å². The minimum Gasteiger partial charge on any atom is -0.494 e. The van der Waals surface area contributed by atoms with Crippen molar-refractivity contribution in [2.45, 2.75) is 0 Å². The average Bonchev–Trinajstić information content (AvgIpc) is 3.25. The molecule has 1 aromatic heterocycles. The fourth-order valence-corrected chi connectivity index (χ4v) is 3.40. The van der Waals surface area contributed by atoms with Gasteiger partial charge in [0.1, 0.15) is 5.82 Å². The minimum atomic E-state index is -0.324. The Morgan fingerprint density at radius 1 is 0.815 bits per heavy atom. The van der Waals surface area contributed by atoms with E-state index < -0.39 is 0 Å². The summed E-state index contributed by atoms with van der Waals surface area (Å²) in [5.41, 5.74) is 2.79. The third-order valence-corrected chi connectivity index (χ3v) is 4.63. The molecule has 3 aromatic carbocycles. The summed E-state index contributed by atoms with van der Waals surface area (Å²) in [4.78, 5) is 12.3. The monoisotopic (exact) mass is 355 g/mol. The lowest BCUT2D eigenvalue weighted by molar-refractivity contribution is 0.457. The lowest BCUT2D eigenvalue weighted by atomic mass is 9.96. The molecule has 2 heterocycles. The summed E-state index contributed by atoms with van der Waals surface area (Å²) >= 11 is 0. The molecule has 130 valence electrons. The van der Waals surface area contributed by atoms with Gasteiger partial charge < -0.3 is 10.1 Å². The first kappa shape index (κ1) is 15.5. The molecule has 2 N–H and O–H groups in total. The van der Waals surface area contributed by atoms with Crippen molar-refractivity contribution in [3.05, 3.63) is 106 Å². The maximum atomic E-state index is 13.5. The number of H-pyrrole nitrogens is 1. The second kappa shape index (κ2) is 5.92. The highest BCUT2D eigenvalue weighted by molar-refractivity contribution is 6.00. The van der Waals surface area contributed by atoms with Crippen LogP contribution < -0.4 is 10.7 Å². The number of aromatic amines is 1. The van der Waals surface area contributed by atoms with Gasteiger partial charge >= 0.3 is 0 Å². The Morgan fingerprint density at radius 3 is 2.15 bits per heavy atom. The van der Waals surface area contributed by atoms with Gasteiger partial charge in [0.15, 0.2) is 11.7 Å². The van der Waals surface area contributed by atoms with E-state index in [0.717, 1.165) is 27.2 Å². The second-order valence-electron chi connectivity index (χ2n) is 6.31. The molecule has 0 radical (unpaired) electrons. The molecule has 0 fully saturated rings. The van der Waals surface area contributed by atoms with Gasteiger partial charge in [-0.25, -0.2) is 14.4 Å². The molecule has 1 aliphatic rings. The molecule has 4 aromatic rings. The number of aromatic nitrogens is 1. The number of fused-ring (bicyclic) bond motifs is 2. The molecule has 0 amide bonds. The van der Waals surface area contributed by atoms with Gasteiger partial charge in [-0.05, 0) is 35.9 Å². The first-order chi connectivity index (χ1) is 13.2. The molecular weight excluding hydrogens is 341 g/mol. The van der Waals surface area contributed by atoms with E-state index in [1.807, 2.05) is 48.5 Å². The van der Waals surface area contributed by atoms with Gasteiger partial charge in [-0.3, -0.25) is 0 Å². The van der Waals surface area contributed by atoms with Crippen molar-refractivity contribution < 1.29 is 9.50 Å². The third-order valence-electron chi connectivity index (χ3n) is 4.63. The van der Waals surface area contributed by atoms with Crippen molar-refractivity contribution in [3.63, 3.8) is 0 Å². The van der Waals surface area contributed by atoms with E-state index in [9.17, 15) is 9.50 Å². The van der Waals surface area contributed by atoms with Crippen LogP contribution in [0.15, 0.2) is 88.6 Å². The van der Waals surface area contributed by atoms with Crippen LogP contribution in [0.5, 0.6) is 5.88 Å². The molecule has 0 aliphatic carbocycles. The van der Waals surface area contributed by atoms with Crippen LogP contribution in [-0.4, -0.2) is 10.1 Å². The Labute approximate surface area is 153 Å². The second-order valence-corrected chi connectivity index (χ2v) is 6.31. The highest BCUT2D eigenvalue weighted by Crippen LogP contribution is 2.39. The predicted octanol–water partition coefficient (Wildman–Crippen LogP) is 3.68. The van der Waals surface area contributed by atoms with Crippen LogP contribution >= 0.6 is 0 Å². The van der Waals surface area contributed by atoms with E-state index in [1.165, 1.54) is 12.1 Å². The number of rotatable bonds is 2. The van der Waals surface area contributed by atoms with Gasteiger partial charge in [0, 0.05) is 16.5 Å². The smallest absolute Gasteiger partial charge is 0.197 e. The van der Waals surface area contributed by atoms with Crippen LogP contribution in [-0.2, 0) is 0 Å². The summed E-state index contributed by atoms with van der Waals surface area (Å²) in [7, 11) is 0. The van der Waals surface area contributed by atoms with Crippen LogP contribution in [0, 0.1) is 5.82 Å². The standard InChI is InChI=1S/C22H14FN3O/c23-14-11-9-13(10-12-14)19(21-24-17-7-3-4-8-18(17)25-21)20-15-5-1-2-6-16(15)26-22(20)27/h1-12,26-27H. The van der Waals surface area contributed by atoms with E-state index in [-0.39, 0.29) is 11.7 Å². The zero-order valence-electron chi connectivity index (χ0n) is 14.1. The van der Waals surface area contributed by atoms with Crippen molar-refractivity contribution in [2.75, 3.05) is 0 Å². The van der Waals surface area contributed by atoms with Crippen LogP contribution in [0.1, 0.15) is 11.1 Å². The molecule has 4 nitrogen and oxygen atoms in total. The van der Waals surface area contributed by atoms with Gasteiger partial charge in [-0.1, -0.05) is 42.5 Å². The van der Waals surface area contributed by atoms with E-state index in [1.54, 1.807) is 12.1 Å². The maximum Gasteiger partial charge on any atom is 0.197 e. The number of para-hydroxylation sites is 3. The Morgan fingerprint density at radius 2 is 1.44 bits per heavy atom. The van der Waals surface area contributed by atoms with Crippen LogP contribution in [0.25, 0.3) is 16.5 Å². The van der Waals surface area contributed by atoms with Gasteiger partial charge in [-0.15, -0.1) is 0 Å². The summed E-state index contributed by atoms with van der Waals surface area (Å²) in [5, 5.41) is 13.0. The largest absolute Gasteiger partial charge is 0.494 e. The lowest BCUT2D eigenvalue weighted by Gasteiger charge is -2.09. The maximum absolute atomic E-state index is 13.5. The fraction of sp³-hybridized carbons (Fsp3) is 0. The Balaban J connectivity index is 1.88. The molecule has 5 rings (SSSR count). The van der Waals surface area contributed by atoms with Crippen molar-refractivity contribution in [1.82, 2.24) is 4.98 Å². The van der Waals surface area contributed by atoms with Crippen molar-refractivity contribution in [3.8, 4) is 5.88 Å². The van der Waals surface area contributed by atoms with E-state index in [0.29, 0.717) is 17.0 Å². The first-order valence-electron chi connectivity index (χ1n) is 8.53. The summed E-state index contributed by atoms with van der Waals surface area (Å²) < 4.78 is 13.5. The number of halogens is 1. The summed E-state index contributed by atoms with van der Waals surface area (Å²) in [6.07, 6.45) is 0. The molecule has 0 saturated heterocycles. The van der Waals surface area contributed by atoms with Crippen molar-refractivity contribution in [2.24, 2.45) is 9.98 Å². The summed E-state index contributed by atoms with van der Waals surface area (Å²) in [6, 6.07) is 21.3. The highest BCUT2D eigenvalue weighted by Gasteiger charge is 2.21. The molecule has 5 heteroatoms. The average molecular weight is 355 g/mol. The minimum absolute atomic E-state index is 0.0318. The molecule has 0 unspecified atom stereocenters. The van der Waals surface area contributed by atoms with E-state index in [2.05, 4.69) is 15.0 Å². The van der Waals surface area contributed by atoms with Crippen LogP contribution in [0.3, 0.4) is 0 Å². The number of hydrogen-bond acceptors (Lipinski definition) is 3. The number of nitrogens with zero attached hydrogens (tertiary/aromatic N) is 2. The lowest BCUT2D eigenvalue weighted by Crippen LogP contribution is -2.19. The number of nitrogens with one attached hydrogen (secondary N) is 1. The number of aromatic hydroxyl groups is 1. The fourth-order valence-electron chi connectivity index (χ4n) is 3.40.